The van der Waals surface area contributed by atoms with Crippen LogP contribution in [0.3, 0.4) is 0 Å². The molecular weight excluding hydrogens is 264 g/mol. The molecule has 0 spiro atoms. The second-order valence-corrected chi connectivity index (χ2v) is 5.26. The summed E-state index contributed by atoms with van der Waals surface area (Å²) in [5.41, 5.74) is 7.60. The Labute approximate surface area is 115 Å². The summed E-state index contributed by atoms with van der Waals surface area (Å²) in [5, 5.41) is 3.56. The standard InChI is InChI=1S/C13H15ClN4O/c14-9-3-4-11-10(7-9)17-13(15)18(11)6-5-16-12(19)8-1-2-8/h3-4,7-8H,1-2,5-6H2,(H2,15,17)(H,16,19). The molecule has 0 atom stereocenters. The molecule has 1 amide bonds. The predicted molar refractivity (Wildman–Crippen MR) is 74.9 cm³/mol. The Balaban J connectivity index is 1.72. The summed E-state index contributed by atoms with van der Waals surface area (Å²) in [6.07, 6.45) is 2.03. The summed E-state index contributed by atoms with van der Waals surface area (Å²) in [4.78, 5) is 15.8. The van der Waals surface area contributed by atoms with Crippen molar-refractivity contribution in [3.05, 3.63) is 23.2 Å². The minimum absolute atomic E-state index is 0.144. The number of anilines is 1. The van der Waals surface area contributed by atoms with Crippen molar-refractivity contribution in [2.75, 3.05) is 12.3 Å². The third kappa shape index (κ3) is 2.51. The first kappa shape index (κ1) is 12.3. The number of hydrogen-bond donors (Lipinski definition) is 2. The molecule has 2 aromatic rings. The quantitative estimate of drug-likeness (QED) is 0.896. The molecule has 3 rings (SSSR count). The van der Waals surface area contributed by atoms with Crippen LogP contribution in [-0.4, -0.2) is 22.0 Å². The molecule has 1 aliphatic rings. The van der Waals surface area contributed by atoms with Crippen LogP contribution in [0, 0.1) is 5.92 Å². The summed E-state index contributed by atoms with van der Waals surface area (Å²) in [6, 6.07) is 5.49. The van der Waals surface area contributed by atoms with Gasteiger partial charge in [0.1, 0.15) is 0 Å². The zero-order chi connectivity index (χ0) is 13.4. The third-order valence-electron chi connectivity index (χ3n) is 3.32. The minimum atomic E-state index is 0.144. The first-order valence-electron chi connectivity index (χ1n) is 6.34. The van der Waals surface area contributed by atoms with Gasteiger partial charge in [0.2, 0.25) is 11.9 Å². The molecule has 1 aromatic heterocycles. The van der Waals surface area contributed by atoms with Gasteiger partial charge < -0.3 is 15.6 Å². The van der Waals surface area contributed by atoms with Crippen molar-refractivity contribution >= 4 is 34.5 Å². The number of nitrogens with zero attached hydrogens (tertiary/aromatic N) is 2. The van der Waals surface area contributed by atoms with Gasteiger partial charge >= 0.3 is 0 Å². The summed E-state index contributed by atoms with van der Waals surface area (Å²) in [5.74, 6) is 0.819. The van der Waals surface area contributed by atoms with Gasteiger partial charge in [0.15, 0.2) is 0 Å². The zero-order valence-electron chi connectivity index (χ0n) is 10.4. The summed E-state index contributed by atoms with van der Waals surface area (Å²) >= 11 is 5.92. The predicted octanol–water partition coefficient (Wildman–Crippen LogP) is 1.80. The second kappa shape index (κ2) is 4.74. The molecule has 0 radical (unpaired) electrons. The SMILES string of the molecule is Nc1nc2cc(Cl)ccc2n1CCNC(=O)C1CC1. The van der Waals surface area contributed by atoms with E-state index in [1.165, 1.54) is 0 Å². The zero-order valence-corrected chi connectivity index (χ0v) is 11.2. The second-order valence-electron chi connectivity index (χ2n) is 4.82. The monoisotopic (exact) mass is 278 g/mol. The Hall–Kier alpha value is -1.75. The highest BCUT2D eigenvalue weighted by Crippen LogP contribution is 2.28. The lowest BCUT2D eigenvalue weighted by Crippen LogP contribution is -2.28. The normalized spacial score (nSPS) is 14.8. The number of aromatic nitrogens is 2. The Kier molecular flexibility index (Phi) is 3.06. The molecule has 3 N–H and O–H groups in total. The summed E-state index contributed by atoms with van der Waals surface area (Å²) in [7, 11) is 0. The number of nitrogens with two attached hydrogens (primary N) is 1. The van der Waals surface area contributed by atoms with Crippen LogP contribution in [0.25, 0.3) is 11.0 Å². The van der Waals surface area contributed by atoms with Crippen molar-refractivity contribution in [2.45, 2.75) is 19.4 Å². The van der Waals surface area contributed by atoms with Gasteiger partial charge in [-0.1, -0.05) is 11.6 Å². The lowest BCUT2D eigenvalue weighted by Gasteiger charge is -2.07. The Morgan fingerprint density at radius 1 is 1.53 bits per heavy atom. The average molecular weight is 279 g/mol. The number of benzene rings is 1. The van der Waals surface area contributed by atoms with E-state index in [2.05, 4.69) is 10.3 Å². The molecule has 1 heterocycles. The fraction of sp³-hybridized carbons (Fsp3) is 0.385. The Bertz CT molecular complexity index is 633. The fourth-order valence-electron chi connectivity index (χ4n) is 2.14. The molecule has 0 unspecified atom stereocenters. The number of amides is 1. The molecule has 1 aliphatic carbocycles. The van der Waals surface area contributed by atoms with E-state index in [1.807, 2.05) is 16.7 Å². The van der Waals surface area contributed by atoms with Gasteiger partial charge in [0.05, 0.1) is 11.0 Å². The van der Waals surface area contributed by atoms with E-state index in [0.717, 1.165) is 23.9 Å². The highest BCUT2D eigenvalue weighted by Gasteiger charge is 2.29. The number of rotatable bonds is 4. The summed E-state index contributed by atoms with van der Waals surface area (Å²) < 4.78 is 1.89. The third-order valence-corrected chi connectivity index (χ3v) is 3.56. The Morgan fingerprint density at radius 3 is 3.05 bits per heavy atom. The molecule has 1 saturated carbocycles. The van der Waals surface area contributed by atoms with Crippen molar-refractivity contribution < 1.29 is 4.79 Å². The van der Waals surface area contributed by atoms with Gasteiger partial charge in [0.25, 0.3) is 0 Å². The summed E-state index contributed by atoms with van der Waals surface area (Å²) in [6.45, 7) is 1.18. The number of fused-ring (bicyclic) bond motifs is 1. The molecular formula is C13H15ClN4O. The van der Waals surface area contributed by atoms with E-state index in [4.69, 9.17) is 17.3 Å². The number of carbonyl (C=O) groups excluding carboxylic acids is 1. The van der Waals surface area contributed by atoms with Crippen LogP contribution >= 0.6 is 11.6 Å². The van der Waals surface area contributed by atoms with Crippen LogP contribution in [-0.2, 0) is 11.3 Å². The van der Waals surface area contributed by atoms with E-state index in [0.29, 0.717) is 24.1 Å². The topological polar surface area (TPSA) is 72.9 Å². The lowest BCUT2D eigenvalue weighted by molar-refractivity contribution is -0.122. The molecule has 100 valence electrons. The Morgan fingerprint density at radius 2 is 2.32 bits per heavy atom. The highest BCUT2D eigenvalue weighted by atomic mass is 35.5. The number of nitrogen functional groups attached to an aromatic ring is 1. The van der Waals surface area contributed by atoms with Gasteiger partial charge in [0, 0.05) is 24.0 Å². The van der Waals surface area contributed by atoms with Gasteiger partial charge in [-0.05, 0) is 31.0 Å². The number of imidazole rings is 1. The van der Waals surface area contributed by atoms with E-state index in [9.17, 15) is 4.79 Å². The number of halogens is 1. The molecule has 1 aromatic carbocycles. The van der Waals surface area contributed by atoms with Gasteiger partial charge in [-0.25, -0.2) is 4.98 Å². The molecule has 5 nitrogen and oxygen atoms in total. The largest absolute Gasteiger partial charge is 0.369 e. The van der Waals surface area contributed by atoms with Crippen LogP contribution < -0.4 is 11.1 Å². The van der Waals surface area contributed by atoms with Gasteiger partial charge in [-0.2, -0.15) is 0 Å². The van der Waals surface area contributed by atoms with E-state index < -0.39 is 0 Å². The molecule has 6 heteroatoms. The van der Waals surface area contributed by atoms with Crippen molar-refractivity contribution in [1.82, 2.24) is 14.9 Å². The van der Waals surface area contributed by atoms with E-state index in [1.54, 1.807) is 6.07 Å². The van der Waals surface area contributed by atoms with Crippen LogP contribution in [0.1, 0.15) is 12.8 Å². The molecule has 0 aliphatic heterocycles. The van der Waals surface area contributed by atoms with Crippen molar-refractivity contribution in [3.63, 3.8) is 0 Å². The molecule has 19 heavy (non-hydrogen) atoms. The van der Waals surface area contributed by atoms with Gasteiger partial charge in [-0.3, -0.25) is 4.79 Å². The van der Waals surface area contributed by atoms with Crippen molar-refractivity contribution in [3.8, 4) is 0 Å². The minimum Gasteiger partial charge on any atom is -0.369 e. The average Bonchev–Trinajstić information content (AvgIpc) is 3.16. The first-order valence-corrected chi connectivity index (χ1v) is 6.72. The van der Waals surface area contributed by atoms with Crippen LogP contribution in [0.15, 0.2) is 18.2 Å². The first-order chi connectivity index (χ1) is 9.15. The maximum atomic E-state index is 11.5. The van der Waals surface area contributed by atoms with Crippen molar-refractivity contribution in [1.29, 1.82) is 0 Å². The highest BCUT2D eigenvalue weighted by molar-refractivity contribution is 6.31. The number of carbonyl (C=O) groups is 1. The smallest absolute Gasteiger partial charge is 0.223 e. The lowest BCUT2D eigenvalue weighted by atomic mass is 10.3. The number of hydrogen-bond acceptors (Lipinski definition) is 3. The molecule has 1 fully saturated rings. The fourth-order valence-corrected chi connectivity index (χ4v) is 2.30. The molecule has 0 bridgehead atoms. The maximum absolute atomic E-state index is 11.5. The van der Waals surface area contributed by atoms with Crippen molar-refractivity contribution in [2.24, 2.45) is 5.92 Å². The van der Waals surface area contributed by atoms with Crippen LogP contribution in [0.5, 0.6) is 0 Å². The molecule has 0 saturated heterocycles. The maximum Gasteiger partial charge on any atom is 0.223 e. The van der Waals surface area contributed by atoms with E-state index >= 15 is 0 Å². The number of nitrogens with one attached hydrogen (secondary N) is 1. The van der Waals surface area contributed by atoms with Crippen LogP contribution in [0.2, 0.25) is 5.02 Å². The van der Waals surface area contributed by atoms with Gasteiger partial charge in [-0.15, -0.1) is 0 Å². The van der Waals surface area contributed by atoms with Crippen LogP contribution in [0.4, 0.5) is 5.95 Å². The van der Waals surface area contributed by atoms with E-state index in [-0.39, 0.29) is 11.8 Å².